The zero-order chi connectivity index (χ0) is 22.9. The van der Waals surface area contributed by atoms with E-state index in [1.807, 2.05) is 74.6 Å². The van der Waals surface area contributed by atoms with Gasteiger partial charge >= 0.3 is 6.03 Å². The normalized spacial score (nSPS) is 13.8. The van der Waals surface area contributed by atoms with Crippen LogP contribution in [0.4, 0.5) is 4.79 Å². The van der Waals surface area contributed by atoms with Crippen molar-refractivity contribution in [2.45, 2.75) is 45.3 Å². The van der Waals surface area contributed by atoms with E-state index < -0.39 is 18.1 Å². The number of hydrogen-bond acceptors (Lipinski definition) is 3. The SMILES string of the molecule is CC[C@H](C)[C@H](NC(=O)NCc1ccccc1)C(=O)N[C@H](CO)Cc1c[nH]c2ccccc12. The Morgan fingerprint density at radius 1 is 1.03 bits per heavy atom. The average Bonchev–Trinajstić information content (AvgIpc) is 3.23. The molecule has 1 aromatic heterocycles. The van der Waals surface area contributed by atoms with Crippen molar-refractivity contribution in [3.05, 3.63) is 71.9 Å². The van der Waals surface area contributed by atoms with Crippen molar-refractivity contribution in [2.75, 3.05) is 6.61 Å². The third-order valence-corrected chi connectivity index (χ3v) is 5.79. The topological polar surface area (TPSA) is 106 Å². The number of para-hydroxylation sites is 1. The van der Waals surface area contributed by atoms with Crippen molar-refractivity contribution >= 4 is 22.8 Å². The maximum Gasteiger partial charge on any atom is 0.315 e. The molecule has 0 unspecified atom stereocenters. The van der Waals surface area contributed by atoms with Crippen LogP contribution in [0.25, 0.3) is 10.9 Å². The van der Waals surface area contributed by atoms with E-state index in [9.17, 15) is 14.7 Å². The quantitative estimate of drug-likeness (QED) is 0.337. The number of hydrogen-bond donors (Lipinski definition) is 5. The molecule has 170 valence electrons. The summed E-state index contributed by atoms with van der Waals surface area (Å²) in [5.41, 5.74) is 3.01. The van der Waals surface area contributed by atoms with E-state index in [2.05, 4.69) is 20.9 Å². The van der Waals surface area contributed by atoms with Crippen molar-refractivity contribution in [3.8, 4) is 0 Å². The molecule has 7 nitrogen and oxygen atoms in total. The molecule has 5 N–H and O–H groups in total. The maximum atomic E-state index is 13.0. The first-order valence-electron chi connectivity index (χ1n) is 11.1. The van der Waals surface area contributed by atoms with Crippen LogP contribution in [-0.2, 0) is 17.8 Å². The van der Waals surface area contributed by atoms with Gasteiger partial charge in [-0.25, -0.2) is 4.79 Å². The standard InChI is InChI=1S/C25H32N4O3/c1-3-17(2)23(29-25(32)27-14-18-9-5-4-6-10-18)24(31)28-20(16-30)13-19-15-26-22-12-8-7-11-21(19)22/h4-12,15,17,20,23,26,30H,3,13-14,16H2,1-2H3,(H,28,31)(H2,27,29,32)/t17-,20-,23-/m0/s1. The lowest BCUT2D eigenvalue weighted by Gasteiger charge is -2.26. The van der Waals surface area contributed by atoms with E-state index in [0.717, 1.165) is 28.5 Å². The van der Waals surface area contributed by atoms with Crippen LogP contribution in [0.5, 0.6) is 0 Å². The first-order valence-corrected chi connectivity index (χ1v) is 11.1. The molecule has 0 saturated heterocycles. The number of carbonyl (C=O) groups excluding carboxylic acids is 2. The van der Waals surface area contributed by atoms with Crippen LogP contribution in [0.2, 0.25) is 0 Å². The van der Waals surface area contributed by atoms with E-state index >= 15 is 0 Å². The highest BCUT2D eigenvalue weighted by molar-refractivity contribution is 5.88. The molecule has 0 aliphatic carbocycles. The van der Waals surface area contributed by atoms with E-state index in [1.165, 1.54) is 0 Å². The molecule has 3 aromatic rings. The highest BCUT2D eigenvalue weighted by Crippen LogP contribution is 2.19. The number of fused-ring (bicyclic) bond motifs is 1. The Kier molecular flexibility index (Phi) is 8.27. The number of benzene rings is 2. The van der Waals surface area contributed by atoms with Crippen LogP contribution in [0.15, 0.2) is 60.8 Å². The summed E-state index contributed by atoms with van der Waals surface area (Å²) in [5.74, 6) is -0.363. The summed E-state index contributed by atoms with van der Waals surface area (Å²) < 4.78 is 0. The zero-order valence-corrected chi connectivity index (χ0v) is 18.6. The summed E-state index contributed by atoms with van der Waals surface area (Å²) in [5, 5.41) is 19.5. The summed E-state index contributed by atoms with van der Waals surface area (Å²) in [6.45, 7) is 4.08. The summed E-state index contributed by atoms with van der Waals surface area (Å²) in [6, 6.07) is 16.0. The third kappa shape index (κ3) is 6.11. The predicted octanol–water partition coefficient (Wildman–Crippen LogP) is 3.10. The van der Waals surface area contributed by atoms with E-state index in [4.69, 9.17) is 0 Å². The molecule has 0 fully saturated rings. The molecule has 3 atom stereocenters. The molecule has 32 heavy (non-hydrogen) atoms. The van der Waals surface area contributed by atoms with Gasteiger partial charge in [-0.05, 0) is 29.5 Å². The number of aromatic amines is 1. The molecule has 0 bridgehead atoms. The van der Waals surface area contributed by atoms with Crippen LogP contribution in [0, 0.1) is 5.92 Å². The lowest BCUT2D eigenvalue weighted by Crippen LogP contribution is -2.55. The Bertz CT molecular complexity index is 1020. The number of carbonyl (C=O) groups is 2. The molecule has 0 spiro atoms. The first-order chi connectivity index (χ1) is 15.5. The molecule has 0 aliphatic heterocycles. The minimum absolute atomic E-state index is 0.0649. The minimum Gasteiger partial charge on any atom is -0.394 e. The predicted molar refractivity (Wildman–Crippen MR) is 126 cm³/mol. The fourth-order valence-corrected chi connectivity index (χ4v) is 3.69. The van der Waals surface area contributed by atoms with Gasteiger partial charge in [-0.3, -0.25) is 4.79 Å². The number of aliphatic hydroxyl groups excluding tert-OH is 1. The molecule has 3 rings (SSSR count). The number of aliphatic hydroxyl groups is 1. The van der Waals surface area contributed by atoms with Crippen molar-refractivity contribution in [3.63, 3.8) is 0 Å². The van der Waals surface area contributed by atoms with Crippen molar-refractivity contribution < 1.29 is 14.7 Å². The second-order valence-electron chi connectivity index (χ2n) is 8.13. The van der Waals surface area contributed by atoms with Crippen LogP contribution < -0.4 is 16.0 Å². The number of aromatic nitrogens is 1. The van der Waals surface area contributed by atoms with Gasteiger partial charge in [0.05, 0.1) is 12.6 Å². The average molecular weight is 437 g/mol. The van der Waals surface area contributed by atoms with E-state index in [-0.39, 0.29) is 18.4 Å². The minimum atomic E-state index is -0.701. The van der Waals surface area contributed by atoms with Crippen LogP contribution in [0.3, 0.4) is 0 Å². The molecule has 7 heteroatoms. The molecule has 1 heterocycles. The van der Waals surface area contributed by atoms with Gasteiger partial charge in [0.2, 0.25) is 5.91 Å². The Balaban J connectivity index is 1.61. The molecule has 2 aromatic carbocycles. The van der Waals surface area contributed by atoms with Gasteiger partial charge in [-0.15, -0.1) is 0 Å². The maximum absolute atomic E-state index is 13.0. The number of nitrogens with one attached hydrogen (secondary N) is 4. The number of urea groups is 1. The molecular weight excluding hydrogens is 404 g/mol. The third-order valence-electron chi connectivity index (χ3n) is 5.79. The van der Waals surface area contributed by atoms with Crippen LogP contribution >= 0.6 is 0 Å². The van der Waals surface area contributed by atoms with Gasteiger partial charge in [0.25, 0.3) is 0 Å². The van der Waals surface area contributed by atoms with E-state index in [1.54, 1.807) is 0 Å². The second kappa shape index (κ2) is 11.3. The van der Waals surface area contributed by atoms with Gasteiger partial charge < -0.3 is 26.0 Å². The molecule has 0 radical (unpaired) electrons. The van der Waals surface area contributed by atoms with Gasteiger partial charge in [0.15, 0.2) is 0 Å². The molecule has 0 aliphatic rings. The van der Waals surface area contributed by atoms with Gasteiger partial charge in [0, 0.05) is 23.6 Å². The highest BCUT2D eigenvalue weighted by Gasteiger charge is 2.27. The van der Waals surface area contributed by atoms with Gasteiger partial charge in [-0.1, -0.05) is 68.8 Å². The first kappa shape index (κ1) is 23.3. The fraction of sp³-hybridized carbons (Fsp3) is 0.360. The van der Waals surface area contributed by atoms with Crippen LogP contribution in [0.1, 0.15) is 31.4 Å². The van der Waals surface area contributed by atoms with Crippen LogP contribution in [-0.4, -0.2) is 40.7 Å². The molecule has 3 amide bonds. The zero-order valence-electron chi connectivity index (χ0n) is 18.6. The number of amides is 3. The Morgan fingerprint density at radius 2 is 1.75 bits per heavy atom. The monoisotopic (exact) mass is 436 g/mol. The smallest absolute Gasteiger partial charge is 0.315 e. The summed E-state index contributed by atoms with van der Waals surface area (Å²) in [6.07, 6.45) is 3.11. The number of rotatable bonds is 10. The summed E-state index contributed by atoms with van der Waals surface area (Å²) in [4.78, 5) is 28.7. The Hall–Kier alpha value is -3.32. The lowest BCUT2D eigenvalue weighted by atomic mass is 9.97. The summed E-state index contributed by atoms with van der Waals surface area (Å²) in [7, 11) is 0. The Morgan fingerprint density at radius 3 is 2.47 bits per heavy atom. The lowest BCUT2D eigenvalue weighted by molar-refractivity contribution is -0.125. The fourth-order valence-electron chi connectivity index (χ4n) is 3.69. The van der Waals surface area contributed by atoms with Gasteiger partial charge in [0.1, 0.15) is 6.04 Å². The van der Waals surface area contributed by atoms with Crippen molar-refractivity contribution in [2.24, 2.45) is 5.92 Å². The van der Waals surface area contributed by atoms with Crippen molar-refractivity contribution in [1.29, 1.82) is 0 Å². The van der Waals surface area contributed by atoms with E-state index in [0.29, 0.717) is 13.0 Å². The van der Waals surface area contributed by atoms with Crippen molar-refractivity contribution in [1.82, 2.24) is 20.9 Å². The largest absolute Gasteiger partial charge is 0.394 e. The highest BCUT2D eigenvalue weighted by atomic mass is 16.3. The second-order valence-corrected chi connectivity index (χ2v) is 8.13. The number of H-pyrrole nitrogens is 1. The Labute approximate surface area is 188 Å². The van der Waals surface area contributed by atoms with Gasteiger partial charge in [-0.2, -0.15) is 0 Å². The molecular formula is C25H32N4O3. The summed E-state index contributed by atoms with van der Waals surface area (Å²) >= 11 is 0. The molecule has 0 saturated carbocycles.